The van der Waals surface area contributed by atoms with Gasteiger partial charge in [0.25, 0.3) is 0 Å². The minimum absolute atomic E-state index is 0.0945. The highest BCUT2D eigenvalue weighted by Gasteiger charge is 2.47. The zero-order valence-corrected chi connectivity index (χ0v) is 13.7. The lowest BCUT2D eigenvalue weighted by Crippen LogP contribution is -2.43. The lowest BCUT2D eigenvalue weighted by molar-refractivity contribution is -0.143. The summed E-state index contributed by atoms with van der Waals surface area (Å²) in [5.41, 5.74) is 1.29. The van der Waals surface area contributed by atoms with Crippen molar-refractivity contribution in [2.24, 2.45) is 5.92 Å². The lowest BCUT2D eigenvalue weighted by atomic mass is 9.66. The molecule has 0 fully saturated rings. The minimum atomic E-state index is -1.39. The Kier molecular flexibility index (Phi) is 4.28. The van der Waals surface area contributed by atoms with E-state index in [1.54, 1.807) is 25.1 Å². The van der Waals surface area contributed by atoms with Crippen molar-refractivity contribution in [3.63, 3.8) is 0 Å². The van der Waals surface area contributed by atoms with Gasteiger partial charge in [-0.1, -0.05) is 79.7 Å². The van der Waals surface area contributed by atoms with Gasteiger partial charge in [-0.05, 0) is 16.7 Å². The molecule has 4 nitrogen and oxygen atoms in total. The van der Waals surface area contributed by atoms with Gasteiger partial charge in [0.15, 0.2) is 0 Å². The summed E-state index contributed by atoms with van der Waals surface area (Å²) in [6.07, 6.45) is 4.55. The van der Waals surface area contributed by atoms with Crippen molar-refractivity contribution in [3.05, 3.63) is 84.0 Å². The van der Waals surface area contributed by atoms with Gasteiger partial charge in [0.2, 0.25) is 0 Å². The third-order valence-corrected chi connectivity index (χ3v) is 4.85. The summed E-state index contributed by atoms with van der Waals surface area (Å²) in [7, 11) is 0. The van der Waals surface area contributed by atoms with Crippen LogP contribution in [0.2, 0.25) is 0 Å². The van der Waals surface area contributed by atoms with Crippen LogP contribution in [0.15, 0.2) is 78.4 Å². The molecule has 25 heavy (non-hydrogen) atoms. The Bertz CT molecular complexity index is 863. The van der Waals surface area contributed by atoms with Crippen molar-refractivity contribution in [3.8, 4) is 11.1 Å². The van der Waals surface area contributed by atoms with Crippen molar-refractivity contribution in [1.29, 1.82) is 0 Å². The van der Waals surface area contributed by atoms with Gasteiger partial charge in [-0.2, -0.15) is 0 Å². The topological polar surface area (TPSA) is 74.6 Å². The summed E-state index contributed by atoms with van der Waals surface area (Å²) in [5, 5.41) is 19.3. The van der Waals surface area contributed by atoms with Gasteiger partial charge < -0.3 is 10.2 Å². The van der Waals surface area contributed by atoms with Crippen LogP contribution in [0.3, 0.4) is 0 Å². The predicted octanol–water partition coefficient (Wildman–Crippen LogP) is 3.89. The summed E-state index contributed by atoms with van der Waals surface area (Å²) >= 11 is 0. The van der Waals surface area contributed by atoms with Crippen molar-refractivity contribution < 1.29 is 19.8 Å². The maximum Gasteiger partial charge on any atom is 0.331 e. The molecule has 1 aliphatic carbocycles. The summed E-state index contributed by atoms with van der Waals surface area (Å²) in [6.45, 7) is 1.64. The molecule has 0 aliphatic heterocycles. The van der Waals surface area contributed by atoms with Gasteiger partial charge in [0, 0.05) is 11.5 Å². The fraction of sp³-hybridized carbons (Fsp3) is 0.143. The molecule has 3 rings (SSSR count). The number of carboxylic acids is 2. The van der Waals surface area contributed by atoms with E-state index in [9.17, 15) is 19.8 Å². The van der Waals surface area contributed by atoms with Crippen LogP contribution in [0.25, 0.3) is 11.1 Å². The van der Waals surface area contributed by atoms with Crippen LogP contribution in [0, 0.1) is 5.92 Å². The standard InChI is InChI=1S/C21H18O4/c1-14-18(19(22)23)8-5-13-21(14,20(24)25)17-11-9-16(10-12-17)15-6-3-2-4-7-15/h2-14H,1H3,(H,22,23)(H,24,25). The van der Waals surface area contributed by atoms with E-state index in [0.717, 1.165) is 11.1 Å². The van der Waals surface area contributed by atoms with E-state index in [2.05, 4.69) is 0 Å². The van der Waals surface area contributed by atoms with Gasteiger partial charge in [0.1, 0.15) is 5.41 Å². The minimum Gasteiger partial charge on any atom is -0.480 e. The van der Waals surface area contributed by atoms with Crippen LogP contribution < -0.4 is 0 Å². The second-order valence-electron chi connectivity index (χ2n) is 6.13. The number of rotatable bonds is 4. The van der Waals surface area contributed by atoms with Gasteiger partial charge in [-0.25, -0.2) is 4.79 Å². The van der Waals surface area contributed by atoms with E-state index in [1.807, 2.05) is 42.5 Å². The van der Waals surface area contributed by atoms with Gasteiger partial charge in [-0.15, -0.1) is 0 Å². The van der Waals surface area contributed by atoms with Gasteiger partial charge in [0.05, 0.1) is 0 Å². The molecule has 2 atom stereocenters. The molecular formula is C21H18O4. The molecule has 0 heterocycles. The maximum atomic E-state index is 12.1. The van der Waals surface area contributed by atoms with Gasteiger partial charge >= 0.3 is 11.9 Å². The largest absolute Gasteiger partial charge is 0.480 e. The molecule has 2 aromatic rings. The monoisotopic (exact) mass is 334 g/mol. The number of hydrogen-bond donors (Lipinski definition) is 2. The molecule has 0 radical (unpaired) electrons. The number of carboxylic acid groups (broad SMARTS) is 2. The molecule has 126 valence electrons. The smallest absolute Gasteiger partial charge is 0.331 e. The van der Waals surface area contributed by atoms with Crippen LogP contribution in [0.4, 0.5) is 0 Å². The average Bonchev–Trinajstić information content (AvgIpc) is 2.62. The van der Waals surface area contributed by atoms with E-state index in [4.69, 9.17) is 0 Å². The molecule has 1 aliphatic rings. The van der Waals surface area contributed by atoms with E-state index in [0.29, 0.717) is 5.56 Å². The SMILES string of the molecule is CC1C(C(=O)O)=CC=CC1(C(=O)O)c1ccc(-c2ccccc2)cc1. The number of allylic oxidation sites excluding steroid dienone is 2. The lowest BCUT2D eigenvalue weighted by Gasteiger charge is -2.35. The molecule has 2 aromatic carbocycles. The Morgan fingerprint density at radius 2 is 1.52 bits per heavy atom. The molecular weight excluding hydrogens is 316 g/mol. The van der Waals surface area contributed by atoms with Gasteiger partial charge in [-0.3, -0.25) is 4.79 Å². The Balaban J connectivity index is 2.06. The summed E-state index contributed by atoms with van der Waals surface area (Å²) in [5.74, 6) is -2.84. The highest BCUT2D eigenvalue weighted by atomic mass is 16.4. The summed E-state index contributed by atoms with van der Waals surface area (Å²) in [6, 6.07) is 17.1. The molecule has 0 aromatic heterocycles. The first-order valence-corrected chi connectivity index (χ1v) is 7.99. The summed E-state index contributed by atoms with van der Waals surface area (Å²) in [4.78, 5) is 23.6. The molecule has 4 heteroatoms. The first-order valence-electron chi connectivity index (χ1n) is 7.99. The third-order valence-electron chi connectivity index (χ3n) is 4.85. The Hall–Kier alpha value is -3.14. The zero-order chi connectivity index (χ0) is 18.0. The molecule has 0 saturated carbocycles. The van der Waals surface area contributed by atoms with Crippen LogP contribution in [-0.4, -0.2) is 22.2 Å². The van der Waals surface area contributed by atoms with Crippen molar-refractivity contribution >= 4 is 11.9 Å². The van der Waals surface area contributed by atoms with Crippen molar-refractivity contribution in [2.45, 2.75) is 12.3 Å². The Morgan fingerprint density at radius 1 is 0.920 bits per heavy atom. The molecule has 0 amide bonds. The van der Waals surface area contributed by atoms with Crippen molar-refractivity contribution in [1.82, 2.24) is 0 Å². The van der Waals surface area contributed by atoms with E-state index >= 15 is 0 Å². The molecule has 0 spiro atoms. The Labute approximate surface area is 145 Å². The molecule has 2 unspecified atom stereocenters. The summed E-state index contributed by atoms with van der Waals surface area (Å²) < 4.78 is 0. The number of carbonyl (C=O) groups is 2. The number of aliphatic carboxylic acids is 2. The van der Waals surface area contributed by atoms with Crippen LogP contribution >= 0.6 is 0 Å². The zero-order valence-electron chi connectivity index (χ0n) is 13.7. The quantitative estimate of drug-likeness (QED) is 0.889. The number of benzene rings is 2. The molecule has 0 bridgehead atoms. The van der Waals surface area contributed by atoms with Crippen molar-refractivity contribution in [2.75, 3.05) is 0 Å². The fourth-order valence-corrected chi connectivity index (χ4v) is 3.39. The first kappa shape index (κ1) is 16.7. The third kappa shape index (κ3) is 2.76. The second-order valence-corrected chi connectivity index (χ2v) is 6.13. The number of hydrogen-bond acceptors (Lipinski definition) is 2. The van der Waals surface area contributed by atoms with Crippen LogP contribution in [0.1, 0.15) is 12.5 Å². The Morgan fingerprint density at radius 3 is 2.08 bits per heavy atom. The normalized spacial score (nSPS) is 22.3. The highest BCUT2D eigenvalue weighted by Crippen LogP contribution is 2.41. The van der Waals surface area contributed by atoms with Crippen LogP contribution in [0.5, 0.6) is 0 Å². The fourth-order valence-electron chi connectivity index (χ4n) is 3.39. The molecule has 0 saturated heterocycles. The van der Waals surface area contributed by atoms with E-state index in [-0.39, 0.29) is 5.57 Å². The highest BCUT2D eigenvalue weighted by molar-refractivity contribution is 5.94. The van der Waals surface area contributed by atoms with E-state index < -0.39 is 23.3 Å². The average molecular weight is 334 g/mol. The first-order chi connectivity index (χ1) is 12.0. The second kappa shape index (κ2) is 6.40. The van der Waals surface area contributed by atoms with E-state index in [1.165, 1.54) is 12.2 Å². The maximum absolute atomic E-state index is 12.1. The van der Waals surface area contributed by atoms with Crippen LogP contribution in [-0.2, 0) is 15.0 Å². The molecule has 2 N–H and O–H groups in total. The predicted molar refractivity (Wildman–Crippen MR) is 95.2 cm³/mol.